The lowest BCUT2D eigenvalue weighted by molar-refractivity contribution is -0.159. The smallest absolute Gasteiger partial charge is 0.416 e. The van der Waals surface area contributed by atoms with Crippen LogP contribution < -0.4 is 0 Å². The van der Waals surface area contributed by atoms with Crippen molar-refractivity contribution in [3.05, 3.63) is 48.0 Å². The average Bonchev–Trinajstić information content (AvgIpc) is 3.34. The standard InChI is InChI=1S/C32H45NO8/c1-23(2)28-22-40-32(39)33(28)31(38)27(21-25-15-11-10-12-16-25)30(41-24(3)35)29(37)19-18-26(36)17-13-8-6-4-5-7-9-14-20-34/h10-12,15-16,18-19,23,27-28,30,34H,4-9,13-14,17,20-22H2,1-3H3/t27-,28-,30+/m0/s1. The Morgan fingerprint density at radius 1 is 0.976 bits per heavy atom. The van der Waals surface area contributed by atoms with E-state index in [2.05, 4.69) is 0 Å². The lowest BCUT2D eigenvalue weighted by atomic mass is 9.89. The van der Waals surface area contributed by atoms with Crippen LogP contribution in [0.4, 0.5) is 4.79 Å². The van der Waals surface area contributed by atoms with Gasteiger partial charge in [0.15, 0.2) is 17.7 Å². The summed E-state index contributed by atoms with van der Waals surface area (Å²) < 4.78 is 10.5. The lowest BCUT2D eigenvalue weighted by Gasteiger charge is -2.30. The van der Waals surface area contributed by atoms with Crippen molar-refractivity contribution in [2.75, 3.05) is 13.2 Å². The maximum absolute atomic E-state index is 13.8. The highest BCUT2D eigenvalue weighted by Gasteiger charge is 2.46. The van der Waals surface area contributed by atoms with E-state index in [1.54, 1.807) is 24.3 Å². The van der Waals surface area contributed by atoms with Crippen LogP contribution >= 0.6 is 0 Å². The molecule has 1 aliphatic rings. The first-order valence-corrected chi connectivity index (χ1v) is 14.7. The lowest BCUT2D eigenvalue weighted by Crippen LogP contribution is -2.50. The summed E-state index contributed by atoms with van der Waals surface area (Å²) in [5, 5.41) is 8.82. The number of hydrogen-bond acceptors (Lipinski definition) is 8. The number of esters is 1. The molecule has 3 atom stereocenters. The molecule has 1 aliphatic heterocycles. The Bertz CT molecular complexity index is 1040. The number of hydrogen-bond donors (Lipinski definition) is 1. The number of unbranched alkanes of at least 4 members (excludes halogenated alkanes) is 7. The predicted molar refractivity (Wildman–Crippen MR) is 154 cm³/mol. The normalized spacial score (nSPS) is 16.6. The molecule has 1 heterocycles. The monoisotopic (exact) mass is 571 g/mol. The molecule has 226 valence electrons. The summed E-state index contributed by atoms with van der Waals surface area (Å²) in [7, 11) is 0. The molecular weight excluding hydrogens is 526 g/mol. The second kappa shape index (κ2) is 18.2. The summed E-state index contributed by atoms with van der Waals surface area (Å²) in [5.74, 6) is -3.62. The number of rotatable bonds is 19. The Morgan fingerprint density at radius 3 is 2.17 bits per heavy atom. The van der Waals surface area contributed by atoms with Gasteiger partial charge in [0.25, 0.3) is 0 Å². The van der Waals surface area contributed by atoms with Crippen LogP contribution in [0.5, 0.6) is 0 Å². The minimum atomic E-state index is -1.52. The van der Waals surface area contributed by atoms with Crippen LogP contribution in [-0.2, 0) is 35.1 Å². The number of benzene rings is 1. The molecule has 1 N–H and O–H groups in total. The second-order valence-electron chi connectivity index (χ2n) is 10.9. The number of ether oxygens (including phenoxy) is 2. The van der Waals surface area contributed by atoms with Gasteiger partial charge in [-0.1, -0.05) is 82.7 Å². The van der Waals surface area contributed by atoms with E-state index in [-0.39, 0.29) is 37.8 Å². The molecule has 1 aromatic rings. The Kier molecular flexibility index (Phi) is 15.0. The van der Waals surface area contributed by atoms with Crippen LogP contribution in [-0.4, -0.2) is 64.9 Å². The summed E-state index contributed by atoms with van der Waals surface area (Å²) in [6.45, 7) is 5.15. The van der Waals surface area contributed by atoms with Gasteiger partial charge in [-0.05, 0) is 42.9 Å². The topological polar surface area (TPSA) is 127 Å². The van der Waals surface area contributed by atoms with Gasteiger partial charge in [-0.2, -0.15) is 0 Å². The van der Waals surface area contributed by atoms with Gasteiger partial charge >= 0.3 is 12.1 Å². The molecule has 9 heteroatoms. The maximum atomic E-state index is 13.8. The van der Waals surface area contributed by atoms with Crippen LogP contribution in [0.3, 0.4) is 0 Å². The van der Waals surface area contributed by atoms with Crippen LogP contribution in [0.25, 0.3) is 0 Å². The number of aliphatic hydroxyl groups is 1. The number of carbonyl (C=O) groups is 5. The first kappa shape index (κ1) is 33.9. The molecule has 1 aromatic carbocycles. The second-order valence-corrected chi connectivity index (χ2v) is 10.9. The van der Waals surface area contributed by atoms with Gasteiger partial charge in [0.1, 0.15) is 6.61 Å². The number of cyclic esters (lactones) is 1. The van der Waals surface area contributed by atoms with Gasteiger partial charge in [-0.25, -0.2) is 9.69 Å². The quantitative estimate of drug-likeness (QED) is 0.140. The molecule has 0 bridgehead atoms. The van der Waals surface area contributed by atoms with E-state index in [0.717, 1.165) is 68.4 Å². The molecule has 41 heavy (non-hydrogen) atoms. The zero-order chi connectivity index (χ0) is 30.2. The number of amides is 2. The molecule has 0 saturated carbocycles. The zero-order valence-electron chi connectivity index (χ0n) is 24.6. The molecule has 1 saturated heterocycles. The average molecular weight is 572 g/mol. The third kappa shape index (κ3) is 11.6. The number of nitrogens with zero attached hydrogens (tertiary/aromatic N) is 1. The van der Waals surface area contributed by atoms with E-state index in [1.807, 2.05) is 19.9 Å². The van der Waals surface area contributed by atoms with Gasteiger partial charge in [0.2, 0.25) is 5.91 Å². The molecule has 0 aromatic heterocycles. The fourth-order valence-corrected chi connectivity index (χ4v) is 4.89. The van der Waals surface area contributed by atoms with Gasteiger partial charge in [-0.3, -0.25) is 19.2 Å². The summed E-state index contributed by atoms with van der Waals surface area (Å²) in [5.41, 5.74) is 0.720. The molecule has 0 radical (unpaired) electrons. The fourth-order valence-electron chi connectivity index (χ4n) is 4.89. The van der Waals surface area contributed by atoms with Crippen LogP contribution in [0.15, 0.2) is 42.5 Å². The SMILES string of the molecule is CC(=O)O[C@@H](C(=O)C=CC(=O)CCCCCCCCCCO)[C@H](Cc1ccccc1)C(=O)N1C(=O)OC[C@H]1C(C)C. The van der Waals surface area contributed by atoms with Crippen molar-refractivity contribution in [3.8, 4) is 0 Å². The molecule has 2 rings (SSSR count). The number of carbonyl (C=O) groups excluding carboxylic acids is 5. The number of imide groups is 1. The molecular formula is C32H45NO8. The highest BCUT2D eigenvalue weighted by molar-refractivity contribution is 6.04. The number of aliphatic hydroxyl groups excluding tert-OH is 1. The highest BCUT2D eigenvalue weighted by atomic mass is 16.6. The third-order valence-electron chi connectivity index (χ3n) is 7.23. The van der Waals surface area contributed by atoms with E-state index in [0.29, 0.717) is 6.42 Å². The summed E-state index contributed by atoms with van der Waals surface area (Å²) >= 11 is 0. The Hall–Kier alpha value is -3.33. The largest absolute Gasteiger partial charge is 0.453 e. The molecule has 1 fully saturated rings. The van der Waals surface area contributed by atoms with E-state index in [9.17, 15) is 24.0 Å². The first-order valence-electron chi connectivity index (χ1n) is 14.7. The molecule has 0 spiro atoms. The summed E-state index contributed by atoms with van der Waals surface area (Å²) in [6, 6.07) is 8.44. The summed E-state index contributed by atoms with van der Waals surface area (Å²) in [6.07, 6.45) is 8.03. The predicted octanol–water partition coefficient (Wildman–Crippen LogP) is 4.98. The van der Waals surface area contributed by atoms with Crippen molar-refractivity contribution < 1.29 is 38.6 Å². The minimum absolute atomic E-state index is 0.0414. The van der Waals surface area contributed by atoms with Crippen LogP contribution in [0.2, 0.25) is 0 Å². The molecule has 0 unspecified atom stereocenters. The Labute approximate surface area is 243 Å². The van der Waals surface area contributed by atoms with Gasteiger partial charge < -0.3 is 14.6 Å². The minimum Gasteiger partial charge on any atom is -0.453 e. The zero-order valence-corrected chi connectivity index (χ0v) is 24.6. The third-order valence-corrected chi connectivity index (χ3v) is 7.23. The molecule has 2 amide bonds. The van der Waals surface area contributed by atoms with Crippen molar-refractivity contribution in [3.63, 3.8) is 0 Å². The van der Waals surface area contributed by atoms with Gasteiger partial charge in [0, 0.05) is 20.0 Å². The van der Waals surface area contributed by atoms with Crippen molar-refractivity contribution in [2.45, 2.75) is 97.1 Å². The van der Waals surface area contributed by atoms with Crippen molar-refractivity contribution in [2.24, 2.45) is 11.8 Å². The van der Waals surface area contributed by atoms with Crippen molar-refractivity contribution >= 4 is 29.5 Å². The molecule has 9 nitrogen and oxygen atoms in total. The van der Waals surface area contributed by atoms with E-state index < -0.39 is 41.8 Å². The number of allylic oxidation sites excluding steroid dienone is 1. The first-order chi connectivity index (χ1) is 19.6. The Morgan fingerprint density at radius 2 is 1.59 bits per heavy atom. The van der Waals surface area contributed by atoms with E-state index in [1.165, 1.54) is 6.08 Å². The van der Waals surface area contributed by atoms with E-state index >= 15 is 0 Å². The summed E-state index contributed by atoms with van der Waals surface area (Å²) in [4.78, 5) is 65.3. The van der Waals surface area contributed by atoms with Crippen molar-refractivity contribution in [1.82, 2.24) is 4.90 Å². The van der Waals surface area contributed by atoms with Gasteiger partial charge in [-0.15, -0.1) is 0 Å². The fraction of sp³-hybridized carbons (Fsp3) is 0.594. The maximum Gasteiger partial charge on any atom is 0.416 e. The van der Waals surface area contributed by atoms with Crippen LogP contribution in [0.1, 0.15) is 84.1 Å². The van der Waals surface area contributed by atoms with Gasteiger partial charge in [0.05, 0.1) is 12.0 Å². The number of ketones is 2. The van der Waals surface area contributed by atoms with E-state index in [4.69, 9.17) is 14.6 Å². The molecule has 0 aliphatic carbocycles. The highest BCUT2D eigenvalue weighted by Crippen LogP contribution is 2.27. The van der Waals surface area contributed by atoms with Crippen LogP contribution in [0, 0.1) is 11.8 Å². The van der Waals surface area contributed by atoms with Crippen molar-refractivity contribution in [1.29, 1.82) is 0 Å². The Balaban J connectivity index is 2.11.